The summed E-state index contributed by atoms with van der Waals surface area (Å²) in [5.41, 5.74) is -0.0196. The molecule has 1 rings (SSSR count). The largest absolute Gasteiger partial charge is 0.480 e. The Labute approximate surface area is 126 Å². The first-order valence-electron chi connectivity index (χ1n) is 6.03. The predicted molar refractivity (Wildman–Crippen MR) is 75.7 cm³/mol. The van der Waals surface area contributed by atoms with E-state index in [4.69, 9.17) is 10.4 Å². The van der Waals surface area contributed by atoms with Crippen molar-refractivity contribution in [2.24, 2.45) is 0 Å². The maximum absolute atomic E-state index is 11.9. The number of esters is 1. The van der Waals surface area contributed by atoms with E-state index < -0.39 is 24.4 Å². The van der Waals surface area contributed by atoms with Crippen molar-refractivity contribution in [1.82, 2.24) is 5.32 Å². The maximum atomic E-state index is 11.9. The fraction of sp³-hybridized carbons (Fsp3) is 0.143. The van der Waals surface area contributed by atoms with Gasteiger partial charge in [-0.25, -0.2) is 4.79 Å². The number of anilines is 1. The molecule has 8 heteroatoms. The van der Waals surface area contributed by atoms with E-state index in [1.165, 1.54) is 19.2 Å². The average Bonchev–Trinajstić information content (AvgIpc) is 2.51. The molecule has 1 amide bonds. The second-order valence-corrected chi connectivity index (χ2v) is 3.94. The Bertz CT molecular complexity index is 661. The van der Waals surface area contributed by atoms with Crippen molar-refractivity contribution >= 4 is 23.5 Å². The number of nitrogens with zero attached hydrogens (tertiary/aromatic N) is 1. The molecule has 0 heterocycles. The summed E-state index contributed by atoms with van der Waals surface area (Å²) in [7, 11) is 1.21. The van der Waals surface area contributed by atoms with Crippen LogP contribution in [0.25, 0.3) is 0 Å². The van der Waals surface area contributed by atoms with Crippen LogP contribution in [0.15, 0.2) is 36.0 Å². The third-order valence-electron chi connectivity index (χ3n) is 2.45. The van der Waals surface area contributed by atoms with Crippen molar-refractivity contribution in [3.63, 3.8) is 0 Å². The molecule has 0 bridgehead atoms. The molecule has 114 valence electrons. The molecule has 0 aliphatic carbocycles. The topological polar surface area (TPSA) is 129 Å². The van der Waals surface area contributed by atoms with Crippen LogP contribution in [-0.4, -0.2) is 36.6 Å². The quantitative estimate of drug-likeness (QED) is 0.396. The van der Waals surface area contributed by atoms with Crippen molar-refractivity contribution in [1.29, 1.82) is 5.26 Å². The molecule has 3 N–H and O–H groups in total. The van der Waals surface area contributed by atoms with Gasteiger partial charge in [0.1, 0.15) is 18.2 Å². The van der Waals surface area contributed by atoms with Crippen LogP contribution in [0.5, 0.6) is 0 Å². The molecule has 0 aliphatic heterocycles. The number of ether oxygens (including phenoxy) is 1. The number of carbonyl (C=O) groups is 3. The van der Waals surface area contributed by atoms with Gasteiger partial charge in [0.2, 0.25) is 0 Å². The number of methoxy groups -OCH3 is 1. The van der Waals surface area contributed by atoms with Crippen molar-refractivity contribution in [2.75, 3.05) is 19.0 Å². The van der Waals surface area contributed by atoms with E-state index in [0.29, 0.717) is 0 Å². The van der Waals surface area contributed by atoms with Crippen LogP contribution in [-0.2, 0) is 14.3 Å². The Morgan fingerprint density at radius 1 is 1.36 bits per heavy atom. The predicted octanol–water partition coefficient (Wildman–Crippen LogP) is 0.493. The monoisotopic (exact) mass is 303 g/mol. The average molecular weight is 303 g/mol. The minimum absolute atomic E-state index is 0.133. The van der Waals surface area contributed by atoms with Gasteiger partial charge in [0.15, 0.2) is 0 Å². The highest BCUT2D eigenvalue weighted by atomic mass is 16.5. The molecule has 0 saturated heterocycles. The Hall–Kier alpha value is -3.34. The number of carboxylic acids is 1. The summed E-state index contributed by atoms with van der Waals surface area (Å²) in [6, 6.07) is 7.76. The van der Waals surface area contributed by atoms with Gasteiger partial charge in [-0.2, -0.15) is 5.26 Å². The number of nitrogens with one attached hydrogen (secondary N) is 2. The van der Waals surface area contributed by atoms with Crippen LogP contribution >= 0.6 is 0 Å². The first kappa shape index (κ1) is 16.7. The normalized spacial score (nSPS) is 10.3. The zero-order valence-electron chi connectivity index (χ0n) is 11.6. The lowest BCUT2D eigenvalue weighted by Crippen LogP contribution is -2.21. The molecule has 0 spiro atoms. The smallest absolute Gasteiger partial charge is 0.339 e. The van der Waals surface area contributed by atoms with Gasteiger partial charge < -0.3 is 20.5 Å². The Morgan fingerprint density at radius 3 is 2.64 bits per heavy atom. The van der Waals surface area contributed by atoms with E-state index in [1.54, 1.807) is 18.2 Å². The molecule has 0 radical (unpaired) electrons. The lowest BCUT2D eigenvalue weighted by atomic mass is 10.1. The molecule has 0 fully saturated rings. The Balaban J connectivity index is 2.90. The molecule has 0 atom stereocenters. The Kier molecular flexibility index (Phi) is 6.12. The van der Waals surface area contributed by atoms with Crippen molar-refractivity contribution in [2.45, 2.75) is 0 Å². The van der Waals surface area contributed by atoms with Gasteiger partial charge in [0, 0.05) is 6.20 Å². The van der Waals surface area contributed by atoms with E-state index >= 15 is 0 Å². The molecular weight excluding hydrogens is 290 g/mol. The van der Waals surface area contributed by atoms with Gasteiger partial charge in [-0.1, -0.05) is 12.1 Å². The van der Waals surface area contributed by atoms with E-state index in [2.05, 4.69) is 15.4 Å². The molecule has 1 aromatic carbocycles. The number of benzene rings is 1. The Morgan fingerprint density at radius 2 is 2.05 bits per heavy atom. The van der Waals surface area contributed by atoms with E-state index in [0.717, 1.165) is 6.20 Å². The summed E-state index contributed by atoms with van der Waals surface area (Å²) in [5, 5.41) is 22.1. The van der Waals surface area contributed by atoms with Crippen molar-refractivity contribution in [3.05, 3.63) is 41.6 Å². The van der Waals surface area contributed by atoms with Gasteiger partial charge in [-0.3, -0.25) is 9.59 Å². The summed E-state index contributed by atoms with van der Waals surface area (Å²) >= 11 is 0. The van der Waals surface area contributed by atoms with Gasteiger partial charge >= 0.3 is 11.9 Å². The van der Waals surface area contributed by atoms with Crippen LogP contribution in [0.4, 0.5) is 5.69 Å². The number of hydrogen-bond donors (Lipinski definition) is 3. The number of nitriles is 1. The van der Waals surface area contributed by atoms with Crippen molar-refractivity contribution in [3.8, 4) is 6.07 Å². The number of carboxylic acid groups (broad SMARTS) is 1. The molecular formula is C14H13N3O5. The molecule has 0 aromatic heterocycles. The summed E-state index contributed by atoms with van der Waals surface area (Å²) in [5.74, 6) is -2.55. The maximum Gasteiger partial charge on any atom is 0.339 e. The number of rotatable bonds is 6. The van der Waals surface area contributed by atoms with Gasteiger partial charge in [-0.15, -0.1) is 0 Å². The zero-order valence-corrected chi connectivity index (χ0v) is 11.6. The minimum atomic E-state index is -1.13. The van der Waals surface area contributed by atoms with Crippen molar-refractivity contribution < 1.29 is 24.2 Å². The molecule has 0 unspecified atom stereocenters. The fourth-order valence-electron chi connectivity index (χ4n) is 1.46. The summed E-state index contributed by atoms with van der Waals surface area (Å²) in [6.45, 7) is -0.433. The summed E-state index contributed by atoms with van der Waals surface area (Å²) in [4.78, 5) is 33.9. The fourth-order valence-corrected chi connectivity index (χ4v) is 1.46. The van der Waals surface area contributed by atoms with Crippen LogP contribution < -0.4 is 10.6 Å². The second kappa shape index (κ2) is 8.06. The highest BCUT2D eigenvalue weighted by molar-refractivity contribution is 6.09. The third-order valence-corrected chi connectivity index (χ3v) is 2.45. The molecule has 22 heavy (non-hydrogen) atoms. The van der Waals surface area contributed by atoms with Crippen LogP contribution in [0.1, 0.15) is 10.4 Å². The van der Waals surface area contributed by atoms with E-state index in [9.17, 15) is 14.4 Å². The summed E-state index contributed by atoms with van der Waals surface area (Å²) < 4.78 is 4.59. The van der Waals surface area contributed by atoms with E-state index in [1.807, 2.05) is 0 Å². The zero-order chi connectivity index (χ0) is 16.5. The molecule has 0 aliphatic rings. The number of carbonyl (C=O) groups excluding carboxylic acids is 2. The summed E-state index contributed by atoms with van der Waals surface area (Å²) in [6.07, 6.45) is 0.990. The first-order valence-corrected chi connectivity index (χ1v) is 6.03. The van der Waals surface area contributed by atoms with Crippen LogP contribution in [0.2, 0.25) is 0 Å². The molecule has 0 saturated carbocycles. The SMILES string of the molecule is COC(=O)c1ccccc1NC(=O)/C(C#N)=C\NCC(=O)O. The highest BCUT2D eigenvalue weighted by Crippen LogP contribution is 2.16. The van der Waals surface area contributed by atoms with Crippen LogP contribution in [0, 0.1) is 11.3 Å². The van der Waals surface area contributed by atoms with Gasteiger partial charge in [0.05, 0.1) is 18.4 Å². The van der Waals surface area contributed by atoms with E-state index in [-0.39, 0.29) is 16.8 Å². The van der Waals surface area contributed by atoms with Gasteiger partial charge in [-0.05, 0) is 12.1 Å². The third kappa shape index (κ3) is 4.64. The highest BCUT2D eigenvalue weighted by Gasteiger charge is 2.15. The lowest BCUT2D eigenvalue weighted by molar-refractivity contribution is -0.135. The standard InChI is InChI=1S/C14H13N3O5/c1-22-14(21)10-4-2-3-5-11(10)17-13(20)9(6-15)7-16-8-12(18)19/h2-5,7,16H,8H2,1H3,(H,17,20)(H,18,19)/b9-7-. The number of aliphatic carboxylic acids is 1. The number of hydrogen-bond acceptors (Lipinski definition) is 6. The molecule has 1 aromatic rings. The molecule has 8 nitrogen and oxygen atoms in total. The van der Waals surface area contributed by atoms with Crippen LogP contribution in [0.3, 0.4) is 0 Å². The number of amides is 1. The van der Waals surface area contributed by atoms with Gasteiger partial charge in [0.25, 0.3) is 5.91 Å². The lowest BCUT2D eigenvalue weighted by Gasteiger charge is -2.09. The second-order valence-electron chi connectivity index (χ2n) is 3.94. The minimum Gasteiger partial charge on any atom is -0.480 e. The number of para-hydroxylation sites is 1. The first-order chi connectivity index (χ1) is 10.5.